The van der Waals surface area contributed by atoms with Crippen LogP contribution in [-0.4, -0.2) is 28.8 Å². The number of carboxylic acid groups (broad SMARTS) is 1. The number of ether oxygens (including phenoxy) is 2. The van der Waals surface area contributed by atoms with E-state index < -0.39 is 6.09 Å². The van der Waals surface area contributed by atoms with Gasteiger partial charge < -0.3 is 19.9 Å². The van der Waals surface area contributed by atoms with E-state index in [1.165, 1.54) is 0 Å². The SMILES string of the molecule is CC(CC(COc1ccc2c(c1)OC(C)c1cnccc1-2)NC(=O)O)CC(C)(C)C. The molecular weight excluding hydrogens is 380 g/mol. The van der Waals surface area contributed by atoms with Crippen LogP contribution in [-0.2, 0) is 0 Å². The van der Waals surface area contributed by atoms with E-state index in [0.29, 0.717) is 11.7 Å². The Balaban J connectivity index is 1.69. The maximum Gasteiger partial charge on any atom is 0.404 e. The van der Waals surface area contributed by atoms with Crippen LogP contribution in [0.15, 0.2) is 36.7 Å². The van der Waals surface area contributed by atoms with Crippen molar-refractivity contribution in [2.24, 2.45) is 11.3 Å². The van der Waals surface area contributed by atoms with Crippen LogP contribution in [0.3, 0.4) is 0 Å². The molecule has 2 aromatic rings. The smallest absolute Gasteiger partial charge is 0.404 e. The Hall–Kier alpha value is -2.76. The third kappa shape index (κ3) is 5.65. The summed E-state index contributed by atoms with van der Waals surface area (Å²) in [5.74, 6) is 1.81. The summed E-state index contributed by atoms with van der Waals surface area (Å²) in [5.41, 5.74) is 3.40. The van der Waals surface area contributed by atoms with Crippen LogP contribution in [0.4, 0.5) is 4.79 Å². The van der Waals surface area contributed by atoms with E-state index in [4.69, 9.17) is 9.47 Å². The number of amides is 1. The van der Waals surface area contributed by atoms with Gasteiger partial charge in [0.25, 0.3) is 0 Å². The van der Waals surface area contributed by atoms with Gasteiger partial charge in [0.2, 0.25) is 0 Å². The minimum atomic E-state index is -1.03. The predicted molar refractivity (Wildman–Crippen MR) is 117 cm³/mol. The molecule has 0 saturated heterocycles. The standard InChI is InChI=1S/C24H32N2O4/c1-15(12-24(3,4)5)10-17(26-23(27)28)14-29-18-6-7-20-19-8-9-25-13-21(19)16(2)30-22(20)11-18/h6-9,11,13,15-17,26H,10,12,14H2,1-5H3,(H,27,28). The van der Waals surface area contributed by atoms with Crippen LogP contribution >= 0.6 is 0 Å². The molecule has 0 saturated carbocycles. The average molecular weight is 413 g/mol. The molecule has 3 atom stereocenters. The molecule has 0 bridgehead atoms. The Morgan fingerprint density at radius 2 is 2.07 bits per heavy atom. The van der Waals surface area contributed by atoms with E-state index in [1.807, 2.05) is 37.4 Å². The Morgan fingerprint density at radius 3 is 2.77 bits per heavy atom. The van der Waals surface area contributed by atoms with Crippen molar-refractivity contribution in [2.45, 2.75) is 59.6 Å². The van der Waals surface area contributed by atoms with Crippen LogP contribution in [0.5, 0.6) is 11.5 Å². The molecule has 1 aromatic carbocycles. The highest BCUT2D eigenvalue weighted by molar-refractivity contribution is 5.76. The van der Waals surface area contributed by atoms with E-state index in [0.717, 1.165) is 35.3 Å². The Kier molecular flexibility index (Phi) is 6.54. The second-order valence-corrected chi connectivity index (χ2v) is 9.44. The van der Waals surface area contributed by atoms with E-state index in [-0.39, 0.29) is 24.2 Å². The molecule has 162 valence electrons. The average Bonchev–Trinajstić information content (AvgIpc) is 2.64. The second kappa shape index (κ2) is 8.94. The second-order valence-electron chi connectivity index (χ2n) is 9.44. The lowest BCUT2D eigenvalue weighted by Gasteiger charge is -2.27. The highest BCUT2D eigenvalue weighted by atomic mass is 16.5. The molecule has 0 spiro atoms. The lowest BCUT2D eigenvalue weighted by atomic mass is 9.83. The van der Waals surface area contributed by atoms with Crippen LogP contribution < -0.4 is 14.8 Å². The van der Waals surface area contributed by atoms with Gasteiger partial charge in [-0.25, -0.2) is 4.79 Å². The van der Waals surface area contributed by atoms with E-state index in [9.17, 15) is 9.90 Å². The Bertz CT molecular complexity index is 891. The first-order valence-electron chi connectivity index (χ1n) is 10.5. The maximum atomic E-state index is 11.2. The monoisotopic (exact) mass is 412 g/mol. The lowest BCUT2D eigenvalue weighted by molar-refractivity contribution is 0.171. The van der Waals surface area contributed by atoms with Gasteiger partial charge >= 0.3 is 6.09 Å². The van der Waals surface area contributed by atoms with E-state index >= 15 is 0 Å². The summed E-state index contributed by atoms with van der Waals surface area (Å²) in [6.07, 6.45) is 4.25. The normalized spacial score (nSPS) is 17.2. The van der Waals surface area contributed by atoms with Crippen molar-refractivity contribution >= 4 is 6.09 Å². The van der Waals surface area contributed by atoms with Crippen molar-refractivity contribution in [3.8, 4) is 22.6 Å². The molecular formula is C24H32N2O4. The van der Waals surface area contributed by atoms with Gasteiger partial charge in [0.15, 0.2) is 0 Å². The summed E-state index contributed by atoms with van der Waals surface area (Å²) in [6, 6.07) is 7.49. The number of fused-ring (bicyclic) bond motifs is 3. The van der Waals surface area contributed by atoms with Crippen molar-refractivity contribution in [3.63, 3.8) is 0 Å². The fourth-order valence-corrected chi connectivity index (χ4v) is 4.30. The quantitative estimate of drug-likeness (QED) is 0.611. The zero-order valence-electron chi connectivity index (χ0n) is 18.4. The first kappa shape index (κ1) is 21.9. The van der Waals surface area contributed by atoms with Crippen molar-refractivity contribution in [2.75, 3.05) is 6.61 Å². The number of carbonyl (C=O) groups is 1. The number of nitrogens with zero attached hydrogens (tertiary/aromatic N) is 1. The number of aromatic nitrogens is 1. The lowest BCUT2D eigenvalue weighted by Crippen LogP contribution is -2.39. The summed E-state index contributed by atoms with van der Waals surface area (Å²) in [7, 11) is 0. The molecule has 1 aromatic heterocycles. The fraction of sp³-hybridized carbons (Fsp3) is 0.500. The van der Waals surface area contributed by atoms with Gasteiger partial charge in [0.05, 0.1) is 6.04 Å². The number of hydrogen-bond acceptors (Lipinski definition) is 4. The molecule has 2 heterocycles. The highest BCUT2D eigenvalue weighted by Crippen LogP contribution is 2.43. The van der Waals surface area contributed by atoms with Crippen LogP contribution in [0.2, 0.25) is 0 Å². The van der Waals surface area contributed by atoms with Gasteiger partial charge in [-0.2, -0.15) is 0 Å². The number of hydrogen-bond donors (Lipinski definition) is 2. The van der Waals surface area contributed by atoms with Gasteiger partial charge in [0, 0.05) is 29.6 Å². The zero-order chi connectivity index (χ0) is 21.9. The molecule has 0 radical (unpaired) electrons. The molecule has 1 amide bonds. The van der Waals surface area contributed by atoms with Gasteiger partial charge in [-0.05, 0) is 54.9 Å². The van der Waals surface area contributed by atoms with E-state index in [1.54, 1.807) is 6.20 Å². The van der Waals surface area contributed by atoms with Gasteiger partial charge in [-0.1, -0.05) is 27.7 Å². The largest absolute Gasteiger partial charge is 0.491 e. The molecule has 3 unspecified atom stereocenters. The van der Waals surface area contributed by atoms with Crippen LogP contribution in [0, 0.1) is 11.3 Å². The fourth-order valence-electron chi connectivity index (χ4n) is 4.30. The van der Waals surface area contributed by atoms with Crippen molar-refractivity contribution in [1.82, 2.24) is 10.3 Å². The zero-order valence-corrected chi connectivity index (χ0v) is 18.4. The van der Waals surface area contributed by atoms with Gasteiger partial charge in [-0.15, -0.1) is 0 Å². The molecule has 1 aliphatic heterocycles. The summed E-state index contributed by atoms with van der Waals surface area (Å²) < 4.78 is 12.0. The van der Waals surface area contributed by atoms with Gasteiger partial charge in [-0.3, -0.25) is 4.98 Å². The number of pyridine rings is 1. The summed E-state index contributed by atoms with van der Waals surface area (Å²) in [6.45, 7) is 11.0. The third-order valence-electron chi connectivity index (χ3n) is 5.26. The summed E-state index contributed by atoms with van der Waals surface area (Å²) in [4.78, 5) is 15.4. The molecule has 1 aliphatic rings. The molecule has 0 fully saturated rings. The van der Waals surface area contributed by atoms with Crippen molar-refractivity contribution in [3.05, 3.63) is 42.2 Å². The number of benzene rings is 1. The Morgan fingerprint density at radius 1 is 1.30 bits per heavy atom. The third-order valence-corrected chi connectivity index (χ3v) is 5.26. The Labute approximate surface area is 178 Å². The topological polar surface area (TPSA) is 80.7 Å². The van der Waals surface area contributed by atoms with Crippen molar-refractivity contribution in [1.29, 1.82) is 0 Å². The molecule has 0 aliphatic carbocycles. The molecule has 30 heavy (non-hydrogen) atoms. The first-order chi connectivity index (χ1) is 14.1. The molecule has 2 N–H and O–H groups in total. The molecule has 6 heteroatoms. The maximum absolute atomic E-state index is 11.2. The number of rotatable bonds is 7. The molecule has 3 rings (SSSR count). The first-order valence-corrected chi connectivity index (χ1v) is 10.5. The highest BCUT2D eigenvalue weighted by Gasteiger charge is 2.24. The van der Waals surface area contributed by atoms with Gasteiger partial charge in [0.1, 0.15) is 24.2 Å². The van der Waals surface area contributed by atoms with Crippen LogP contribution in [0.1, 0.15) is 59.1 Å². The summed E-state index contributed by atoms with van der Waals surface area (Å²) >= 11 is 0. The summed E-state index contributed by atoms with van der Waals surface area (Å²) in [5, 5.41) is 11.8. The molecule has 6 nitrogen and oxygen atoms in total. The van der Waals surface area contributed by atoms with Crippen LogP contribution in [0.25, 0.3) is 11.1 Å². The van der Waals surface area contributed by atoms with Crippen molar-refractivity contribution < 1.29 is 19.4 Å². The number of nitrogens with one attached hydrogen (secondary N) is 1. The van der Waals surface area contributed by atoms with E-state index in [2.05, 4.69) is 38.0 Å². The minimum Gasteiger partial charge on any atom is -0.491 e. The minimum absolute atomic E-state index is 0.0869. The predicted octanol–water partition coefficient (Wildman–Crippen LogP) is 5.68.